The summed E-state index contributed by atoms with van der Waals surface area (Å²) in [7, 11) is 1.45. The van der Waals surface area contributed by atoms with Crippen LogP contribution < -0.4 is 0 Å². The van der Waals surface area contributed by atoms with Crippen LogP contribution in [-0.2, 0) is 9.53 Å². The molecular weight excluding hydrogens is 260 g/mol. The maximum Gasteiger partial charge on any atom is 0.308 e. The average molecular weight is 294 g/mol. The molecule has 0 saturated carbocycles. The highest BCUT2D eigenvalue weighted by atomic mass is 16.5. The summed E-state index contributed by atoms with van der Waals surface area (Å²) in [6.07, 6.45) is 13.9. The lowest BCUT2D eigenvalue weighted by Gasteiger charge is -2.07. The smallest absolute Gasteiger partial charge is 0.308 e. The van der Waals surface area contributed by atoms with Crippen molar-refractivity contribution < 1.29 is 9.53 Å². The van der Waals surface area contributed by atoms with Gasteiger partial charge in [0, 0.05) is 0 Å². The van der Waals surface area contributed by atoms with E-state index in [1.807, 2.05) is 6.92 Å². The van der Waals surface area contributed by atoms with Gasteiger partial charge in [0.15, 0.2) is 0 Å². The lowest BCUT2D eigenvalue weighted by molar-refractivity contribution is -0.144. The zero-order valence-electron chi connectivity index (χ0n) is 14.7. The first-order valence-electron chi connectivity index (χ1n) is 8.40. The Kier molecular flexibility index (Phi) is 12.0. The van der Waals surface area contributed by atoms with Crippen LogP contribution in [-0.4, -0.2) is 13.1 Å². The summed E-state index contributed by atoms with van der Waals surface area (Å²) in [6, 6.07) is 0. The van der Waals surface area contributed by atoms with Crippen molar-refractivity contribution in [2.24, 2.45) is 5.92 Å². The second-order valence-corrected chi connectivity index (χ2v) is 6.10. The lowest BCUT2D eigenvalue weighted by Crippen LogP contribution is -2.11. The molecule has 0 radical (unpaired) electrons. The Morgan fingerprint density at radius 2 is 1.62 bits per heavy atom. The van der Waals surface area contributed by atoms with Crippen LogP contribution in [0.4, 0.5) is 0 Å². The molecule has 2 heteroatoms. The van der Waals surface area contributed by atoms with Gasteiger partial charge in [-0.25, -0.2) is 0 Å². The summed E-state index contributed by atoms with van der Waals surface area (Å²) in [5.74, 6) is -0.100. The number of esters is 1. The van der Waals surface area contributed by atoms with Crippen molar-refractivity contribution in [3.05, 3.63) is 23.3 Å². The standard InChI is InChI=1S/C19H34O2/c1-6-7-8-11-16(2)12-9-13-17(3)14-10-15-18(4)19(20)21-5/h11,14,18H,6-10,12-13,15H2,1-5H3/b16-11+,17-14+. The second-order valence-electron chi connectivity index (χ2n) is 6.10. The number of methoxy groups -OCH3 is 1. The minimum Gasteiger partial charge on any atom is -0.469 e. The van der Waals surface area contributed by atoms with Crippen LogP contribution in [0.1, 0.15) is 79.1 Å². The third-order valence-electron chi connectivity index (χ3n) is 3.89. The number of hydrogen-bond donors (Lipinski definition) is 0. The molecule has 1 atom stereocenters. The first kappa shape index (κ1) is 19.9. The van der Waals surface area contributed by atoms with Crippen LogP contribution in [0.15, 0.2) is 23.3 Å². The molecule has 2 nitrogen and oxygen atoms in total. The molecule has 0 N–H and O–H groups in total. The zero-order chi connectivity index (χ0) is 16.1. The van der Waals surface area contributed by atoms with E-state index in [0.29, 0.717) is 0 Å². The highest BCUT2D eigenvalue weighted by Gasteiger charge is 2.11. The Balaban J connectivity index is 3.83. The number of ether oxygens (including phenoxy) is 1. The van der Waals surface area contributed by atoms with Crippen LogP contribution in [0.25, 0.3) is 0 Å². The van der Waals surface area contributed by atoms with E-state index in [1.54, 1.807) is 0 Å². The second kappa shape index (κ2) is 12.7. The number of rotatable bonds is 11. The highest BCUT2D eigenvalue weighted by molar-refractivity contribution is 5.71. The summed E-state index contributed by atoms with van der Waals surface area (Å²) in [5.41, 5.74) is 2.96. The Morgan fingerprint density at radius 1 is 1.05 bits per heavy atom. The Labute approximate surface area is 131 Å². The molecule has 0 aliphatic carbocycles. The van der Waals surface area contributed by atoms with Crippen LogP contribution in [0.2, 0.25) is 0 Å². The van der Waals surface area contributed by atoms with Gasteiger partial charge >= 0.3 is 5.97 Å². The van der Waals surface area contributed by atoms with Gasteiger partial charge in [-0.15, -0.1) is 0 Å². The number of carbonyl (C=O) groups excluding carboxylic acids is 1. The van der Waals surface area contributed by atoms with Crippen molar-refractivity contribution in [3.8, 4) is 0 Å². The zero-order valence-corrected chi connectivity index (χ0v) is 14.7. The fourth-order valence-electron chi connectivity index (χ4n) is 2.30. The minimum absolute atomic E-state index is 0.00259. The van der Waals surface area contributed by atoms with E-state index >= 15 is 0 Å². The predicted octanol–water partition coefficient (Wildman–Crippen LogP) is 5.83. The van der Waals surface area contributed by atoms with Gasteiger partial charge < -0.3 is 4.74 Å². The maximum atomic E-state index is 11.3. The van der Waals surface area contributed by atoms with E-state index < -0.39 is 0 Å². The van der Waals surface area contributed by atoms with Crippen molar-refractivity contribution in [1.29, 1.82) is 0 Å². The summed E-state index contributed by atoms with van der Waals surface area (Å²) >= 11 is 0. The van der Waals surface area contributed by atoms with Gasteiger partial charge in [-0.2, -0.15) is 0 Å². The third kappa shape index (κ3) is 11.3. The number of carbonyl (C=O) groups is 1. The summed E-state index contributed by atoms with van der Waals surface area (Å²) in [4.78, 5) is 11.3. The predicted molar refractivity (Wildman–Crippen MR) is 91.3 cm³/mol. The van der Waals surface area contributed by atoms with Crippen molar-refractivity contribution in [1.82, 2.24) is 0 Å². The Hall–Kier alpha value is -1.05. The molecule has 0 aromatic carbocycles. The molecule has 0 fully saturated rings. The molecule has 1 unspecified atom stereocenters. The molecule has 0 aliphatic heterocycles. The molecule has 0 amide bonds. The quantitative estimate of drug-likeness (QED) is 0.272. The number of hydrogen-bond acceptors (Lipinski definition) is 2. The molecule has 21 heavy (non-hydrogen) atoms. The first-order chi connectivity index (χ1) is 10.0. The third-order valence-corrected chi connectivity index (χ3v) is 3.89. The van der Waals surface area contributed by atoms with Gasteiger partial charge in [-0.05, 0) is 52.4 Å². The van der Waals surface area contributed by atoms with E-state index in [2.05, 4.69) is 32.9 Å². The van der Waals surface area contributed by atoms with E-state index in [4.69, 9.17) is 4.74 Å². The van der Waals surface area contributed by atoms with Crippen LogP contribution in [0.5, 0.6) is 0 Å². The molecule has 0 aliphatic rings. The SMILES string of the molecule is CCCC/C=C(\C)CCC/C(C)=C/CCC(C)C(=O)OC. The monoisotopic (exact) mass is 294 g/mol. The fraction of sp³-hybridized carbons (Fsp3) is 0.737. The highest BCUT2D eigenvalue weighted by Crippen LogP contribution is 2.15. The molecule has 122 valence electrons. The van der Waals surface area contributed by atoms with E-state index in [1.165, 1.54) is 50.4 Å². The topological polar surface area (TPSA) is 26.3 Å². The van der Waals surface area contributed by atoms with Crippen molar-refractivity contribution in [2.45, 2.75) is 79.1 Å². The van der Waals surface area contributed by atoms with Gasteiger partial charge in [0.25, 0.3) is 0 Å². The first-order valence-corrected chi connectivity index (χ1v) is 8.40. The van der Waals surface area contributed by atoms with Gasteiger partial charge in [-0.1, -0.05) is 50.0 Å². The summed E-state index contributed by atoms with van der Waals surface area (Å²) in [5, 5.41) is 0. The Bertz CT molecular complexity index is 339. The molecule has 0 spiro atoms. The van der Waals surface area contributed by atoms with E-state index in [9.17, 15) is 4.79 Å². The molecule has 0 rings (SSSR count). The average Bonchev–Trinajstić information content (AvgIpc) is 2.46. The Morgan fingerprint density at radius 3 is 2.14 bits per heavy atom. The van der Waals surface area contributed by atoms with E-state index in [0.717, 1.165) is 19.3 Å². The number of allylic oxidation sites excluding steroid dienone is 4. The van der Waals surface area contributed by atoms with Gasteiger partial charge in [0.1, 0.15) is 0 Å². The molecule has 0 aromatic rings. The lowest BCUT2D eigenvalue weighted by atomic mass is 10.0. The van der Waals surface area contributed by atoms with Crippen molar-refractivity contribution in [2.75, 3.05) is 7.11 Å². The number of unbranched alkanes of at least 4 members (excludes halogenated alkanes) is 2. The fourth-order valence-corrected chi connectivity index (χ4v) is 2.30. The maximum absolute atomic E-state index is 11.3. The van der Waals surface area contributed by atoms with Gasteiger partial charge in [0.2, 0.25) is 0 Å². The van der Waals surface area contributed by atoms with Gasteiger partial charge in [0.05, 0.1) is 13.0 Å². The van der Waals surface area contributed by atoms with Gasteiger partial charge in [-0.3, -0.25) is 4.79 Å². The minimum atomic E-state index is -0.103. The van der Waals surface area contributed by atoms with Crippen LogP contribution in [0, 0.1) is 5.92 Å². The molecular formula is C19H34O2. The largest absolute Gasteiger partial charge is 0.469 e. The van der Waals surface area contributed by atoms with E-state index in [-0.39, 0.29) is 11.9 Å². The summed E-state index contributed by atoms with van der Waals surface area (Å²) < 4.78 is 4.74. The molecule has 0 bridgehead atoms. The van der Waals surface area contributed by atoms with Crippen LogP contribution >= 0.6 is 0 Å². The molecule has 0 aromatic heterocycles. The van der Waals surface area contributed by atoms with Crippen molar-refractivity contribution >= 4 is 5.97 Å². The summed E-state index contributed by atoms with van der Waals surface area (Å²) in [6.45, 7) is 8.60. The normalized spacial score (nSPS) is 14.1. The van der Waals surface area contributed by atoms with Crippen molar-refractivity contribution in [3.63, 3.8) is 0 Å². The van der Waals surface area contributed by atoms with Crippen LogP contribution in [0.3, 0.4) is 0 Å². The molecule has 0 heterocycles. The molecule has 0 saturated heterocycles.